The molecule has 23 heavy (non-hydrogen) atoms. The highest BCUT2D eigenvalue weighted by Gasteiger charge is 2.27. The number of aromatic nitrogens is 3. The fraction of sp³-hybridized carbons (Fsp3) is 0.294. The van der Waals surface area contributed by atoms with Crippen LogP contribution in [-0.4, -0.2) is 31.9 Å². The normalized spacial score (nSPS) is 15.7. The molecule has 2 aromatic heterocycles. The van der Waals surface area contributed by atoms with Gasteiger partial charge >= 0.3 is 0 Å². The van der Waals surface area contributed by atoms with Crippen LogP contribution in [0.15, 0.2) is 36.9 Å². The van der Waals surface area contributed by atoms with Crippen LogP contribution < -0.4 is 0 Å². The van der Waals surface area contributed by atoms with Crippen molar-refractivity contribution >= 4 is 28.4 Å². The van der Waals surface area contributed by atoms with Gasteiger partial charge in [-0.2, -0.15) is 0 Å². The molecule has 3 heterocycles. The minimum Gasteiger partial charge on any atom is -0.357 e. The summed E-state index contributed by atoms with van der Waals surface area (Å²) in [5.74, 6) is 0.116. The molecule has 1 aliphatic heterocycles. The van der Waals surface area contributed by atoms with E-state index in [2.05, 4.69) is 16.0 Å². The number of rotatable bonds is 2. The first-order chi connectivity index (χ1) is 11.1. The van der Waals surface area contributed by atoms with E-state index in [9.17, 15) is 4.79 Å². The number of hydrogen-bond donors (Lipinski definition) is 1. The number of benzene rings is 1. The Morgan fingerprint density at radius 3 is 3.09 bits per heavy atom. The maximum atomic E-state index is 12.8. The van der Waals surface area contributed by atoms with Crippen molar-refractivity contribution in [3.63, 3.8) is 0 Å². The third kappa shape index (κ3) is 2.32. The molecule has 0 aliphatic carbocycles. The first kappa shape index (κ1) is 14.3. The van der Waals surface area contributed by atoms with E-state index in [4.69, 9.17) is 11.6 Å². The van der Waals surface area contributed by atoms with Gasteiger partial charge in [0.2, 0.25) is 5.91 Å². The standard InChI is InChI=1S/C17H17ClN4O/c1-11(22-8-6-19-10-22)17(23)21-7-5-15-13(9-21)12-3-2-4-14(18)16(12)20-15/h2-4,6,8,10-11,20H,5,7,9H2,1H3. The molecule has 0 bridgehead atoms. The van der Waals surface area contributed by atoms with Crippen molar-refractivity contribution in [3.05, 3.63) is 53.2 Å². The van der Waals surface area contributed by atoms with E-state index >= 15 is 0 Å². The van der Waals surface area contributed by atoms with Gasteiger partial charge in [-0.1, -0.05) is 23.7 Å². The van der Waals surface area contributed by atoms with Gasteiger partial charge in [-0.25, -0.2) is 4.98 Å². The fourth-order valence-corrected chi connectivity index (χ4v) is 3.50. The minimum absolute atomic E-state index is 0.116. The summed E-state index contributed by atoms with van der Waals surface area (Å²) in [6.07, 6.45) is 6.02. The van der Waals surface area contributed by atoms with Crippen molar-refractivity contribution in [2.75, 3.05) is 6.54 Å². The average molecular weight is 329 g/mol. The highest BCUT2D eigenvalue weighted by molar-refractivity contribution is 6.35. The Balaban J connectivity index is 1.65. The van der Waals surface area contributed by atoms with Gasteiger partial charge in [-0.3, -0.25) is 4.79 Å². The van der Waals surface area contributed by atoms with Crippen molar-refractivity contribution in [2.24, 2.45) is 0 Å². The number of carbonyl (C=O) groups is 1. The van der Waals surface area contributed by atoms with E-state index in [1.54, 1.807) is 12.5 Å². The van der Waals surface area contributed by atoms with E-state index in [0.29, 0.717) is 6.54 Å². The molecule has 0 saturated heterocycles. The highest BCUT2D eigenvalue weighted by atomic mass is 35.5. The van der Waals surface area contributed by atoms with Gasteiger partial charge in [0.15, 0.2) is 0 Å². The van der Waals surface area contributed by atoms with E-state index in [-0.39, 0.29) is 11.9 Å². The Kier molecular flexibility index (Phi) is 3.38. The Morgan fingerprint density at radius 2 is 2.30 bits per heavy atom. The number of imidazole rings is 1. The van der Waals surface area contributed by atoms with Crippen LogP contribution in [-0.2, 0) is 17.8 Å². The molecule has 3 aromatic rings. The number of para-hydroxylation sites is 1. The molecule has 1 unspecified atom stereocenters. The van der Waals surface area contributed by atoms with Gasteiger partial charge in [0.1, 0.15) is 6.04 Å². The molecular weight excluding hydrogens is 312 g/mol. The summed E-state index contributed by atoms with van der Waals surface area (Å²) in [5.41, 5.74) is 3.34. The third-order valence-corrected chi connectivity index (χ3v) is 4.92. The lowest BCUT2D eigenvalue weighted by Crippen LogP contribution is -2.39. The molecule has 0 spiro atoms. The zero-order chi connectivity index (χ0) is 16.0. The van der Waals surface area contributed by atoms with Crippen LogP contribution in [0.3, 0.4) is 0 Å². The molecule has 0 fully saturated rings. The van der Waals surface area contributed by atoms with Crippen LogP contribution >= 0.6 is 11.6 Å². The van der Waals surface area contributed by atoms with E-state index in [0.717, 1.165) is 28.9 Å². The number of carbonyl (C=O) groups excluding carboxylic acids is 1. The second-order valence-corrected chi connectivity index (χ2v) is 6.35. The second kappa shape index (κ2) is 5.42. The zero-order valence-corrected chi connectivity index (χ0v) is 13.5. The van der Waals surface area contributed by atoms with Crippen LogP contribution in [0, 0.1) is 0 Å². The first-order valence-electron chi connectivity index (χ1n) is 7.69. The smallest absolute Gasteiger partial charge is 0.245 e. The molecule has 1 amide bonds. The summed E-state index contributed by atoms with van der Waals surface area (Å²) in [4.78, 5) is 22.1. The van der Waals surface area contributed by atoms with Crippen molar-refractivity contribution < 1.29 is 4.79 Å². The Bertz CT molecular complexity index is 868. The molecule has 1 atom stereocenters. The molecule has 118 valence electrons. The topological polar surface area (TPSA) is 53.9 Å². The molecular formula is C17H17ClN4O. The summed E-state index contributed by atoms with van der Waals surface area (Å²) < 4.78 is 1.84. The highest BCUT2D eigenvalue weighted by Crippen LogP contribution is 2.32. The summed E-state index contributed by atoms with van der Waals surface area (Å²) in [6.45, 7) is 3.24. The maximum Gasteiger partial charge on any atom is 0.245 e. The van der Waals surface area contributed by atoms with Crippen LogP contribution in [0.2, 0.25) is 5.02 Å². The first-order valence-corrected chi connectivity index (χ1v) is 8.07. The molecule has 0 radical (unpaired) electrons. The monoisotopic (exact) mass is 328 g/mol. The Hall–Kier alpha value is -2.27. The van der Waals surface area contributed by atoms with Crippen molar-refractivity contribution in [3.8, 4) is 0 Å². The van der Waals surface area contributed by atoms with E-state index in [1.165, 1.54) is 11.3 Å². The fourth-order valence-electron chi connectivity index (χ4n) is 3.28. The zero-order valence-electron chi connectivity index (χ0n) is 12.8. The van der Waals surface area contributed by atoms with Crippen LogP contribution in [0.4, 0.5) is 0 Å². The van der Waals surface area contributed by atoms with E-state index < -0.39 is 0 Å². The summed E-state index contributed by atoms with van der Waals surface area (Å²) >= 11 is 6.27. The number of nitrogens with one attached hydrogen (secondary N) is 1. The van der Waals surface area contributed by atoms with Gasteiger partial charge in [0, 0.05) is 48.5 Å². The summed E-state index contributed by atoms with van der Waals surface area (Å²) in [6, 6.07) is 5.65. The number of aromatic amines is 1. The molecule has 1 aliphatic rings. The molecule has 4 rings (SSSR count). The number of halogens is 1. The van der Waals surface area contributed by atoms with Gasteiger partial charge in [-0.15, -0.1) is 0 Å². The lowest BCUT2D eigenvalue weighted by atomic mass is 10.0. The summed E-state index contributed by atoms with van der Waals surface area (Å²) in [5, 5.41) is 1.84. The predicted octanol–water partition coefficient (Wildman–Crippen LogP) is 3.16. The molecule has 1 N–H and O–H groups in total. The van der Waals surface area contributed by atoms with E-state index in [1.807, 2.05) is 34.7 Å². The number of nitrogens with zero attached hydrogens (tertiary/aromatic N) is 3. The van der Waals surface area contributed by atoms with Gasteiger partial charge in [0.25, 0.3) is 0 Å². The van der Waals surface area contributed by atoms with Crippen molar-refractivity contribution in [2.45, 2.75) is 25.9 Å². The molecule has 0 saturated carbocycles. The number of H-pyrrole nitrogens is 1. The van der Waals surface area contributed by atoms with Crippen molar-refractivity contribution in [1.29, 1.82) is 0 Å². The lowest BCUT2D eigenvalue weighted by molar-refractivity contribution is -0.135. The number of amides is 1. The molecule has 1 aromatic carbocycles. The minimum atomic E-state index is -0.243. The quantitative estimate of drug-likeness (QED) is 0.785. The lowest BCUT2D eigenvalue weighted by Gasteiger charge is -2.30. The van der Waals surface area contributed by atoms with Crippen LogP contribution in [0.5, 0.6) is 0 Å². The molecule has 5 nitrogen and oxygen atoms in total. The maximum absolute atomic E-state index is 12.8. The Morgan fingerprint density at radius 1 is 1.43 bits per heavy atom. The molecule has 6 heteroatoms. The van der Waals surface area contributed by atoms with Crippen LogP contribution in [0.25, 0.3) is 10.9 Å². The summed E-state index contributed by atoms with van der Waals surface area (Å²) in [7, 11) is 0. The number of fused-ring (bicyclic) bond motifs is 3. The Labute approximate surface area is 138 Å². The SMILES string of the molecule is CC(C(=O)N1CCc2[nH]c3c(Cl)cccc3c2C1)n1ccnc1. The second-order valence-electron chi connectivity index (χ2n) is 5.94. The van der Waals surface area contributed by atoms with Gasteiger partial charge < -0.3 is 14.5 Å². The average Bonchev–Trinajstić information content (AvgIpc) is 3.21. The van der Waals surface area contributed by atoms with Gasteiger partial charge in [0.05, 0.1) is 16.9 Å². The largest absolute Gasteiger partial charge is 0.357 e. The van der Waals surface area contributed by atoms with Crippen molar-refractivity contribution in [1.82, 2.24) is 19.4 Å². The predicted molar refractivity (Wildman–Crippen MR) is 89.4 cm³/mol. The van der Waals surface area contributed by atoms with Gasteiger partial charge in [-0.05, 0) is 13.0 Å². The number of hydrogen-bond acceptors (Lipinski definition) is 2. The van der Waals surface area contributed by atoms with Crippen LogP contribution in [0.1, 0.15) is 24.2 Å². The third-order valence-electron chi connectivity index (χ3n) is 4.60.